The van der Waals surface area contributed by atoms with Crippen LogP contribution in [0, 0.1) is 0 Å². The molecule has 5 rings (SSSR count). The average molecular weight is 592 g/mol. The number of hydrogen-bond donors (Lipinski definition) is 3. The Labute approximate surface area is 236 Å². The van der Waals surface area contributed by atoms with Crippen LogP contribution < -0.4 is 20.3 Å². The van der Waals surface area contributed by atoms with Crippen molar-refractivity contribution in [2.75, 3.05) is 54.9 Å². The number of alkyl halides is 3. The van der Waals surface area contributed by atoms with Crippen LogP contribution in [-0.2, 0) is 6.18 Å². The number of rotatable bonds is 7. The van der Waals surface area contributed by atoms with E-state index in [-0.39, 0.29) is 24.7 Å². The van der Waals surface area contributed by atoms with Gasteiger partial charge in [0.05, 0.1) is 28.1 Å². The average Bonchev–Trinajstić information content (AvgIpc) is 3.33. The lowest BCUT2D eigenvalue weighted by Crippen LogP contribution is -2.50. The van der Waals surface area contributed by atoms with E-state index in [9.17, 15) is 18.0 Å². The molecule has 0 bridgehead atoms. The fourth-order valence-electron chi connectivity index (χ4n) is 4.31. The summed E-state index contributed by atoms with van der Waals surface area (Å²) < 4.78 is 46.9. The van der Waals surface area contributed by atoms with Gasteiger partial charge >= 0.3 is 12.2 Å². The number of anilines is 4. The first-order valence-corrected chi connectivity index (χ1v) is 13.6. The van der Waals surface area contributed by atoms with Crippen molar-refractivity contribution in [3.05, 3.63) is 71.2 Å². The summed E-state index contributed by atoms with van der Waals surface area (Å²) in [6.07, 6.45) is -4.69. The van der Waals surface area contributed by atoms with Gasteiger partial charge in [0.2, 0.25) is 0 Å². The highest BCUT2D eigenvalue weighted by Crippen LogP contribution is 2.37. The molecule has 210 valence electrons. The molecule has 2 amide bonds. The SMILES string of the molecule is O=C(Nc1ccc(OCCO)cc1C(F)(F)F)N1CCN(c2ccc(Nc3nc4ccc(Cl)cc4s3)cc2)CC1. The van der Waals surface area contributed by atoms with Crippen LogP contribution in [0.4, 0.5) is 40.2 Å². The molecule has 0 unspecified atom stereocenters. The molecule has 0 aliphatic carbocycles. The van der Waals surface area contributed by atoms with Crippen molar-refractivity contribution in [3.63, 3.8) is 0 Å². The van der Waals surface area contributed by atoms with Gasteiger partial charge in [0, 0.05) is 42.6 Å². The quantitative estimate of drug-likeness (QED) is 0.229. The monoisotopic (exact) mass is 591 g/mol. The Bertz CT molecular complexity index is 1490. The third kappa shape index (κ3) is 6.52. The lowest BCUT2D eigenvalue weighted by atomic mass is 10.1. The van der Waals surface area contributed by atoms with Gasteiger partial charge in [0.15, 0.2) is 5.13 Å². The molecule has 1 aliphatic rings. The van der Waals surface area contributed by atoms with Crippen molar-refractivity contribution in [2.24, 2.45) is 0 Å². The first-order chi connectivity index (χ1) is 19.2. The Morgan fingerprint density at radius 3 is 2.50 bits per heavy atom. The molecule has 0 spiro atoms. The highest BCUT2D eigenvalue weighted by atomic mass is 35.5. The van der Waals surface area contributed by atoms with Gasteiger partial charge < -0.3 is 30.3 Å². The number of hydrogen-bond acceptors (Lipinski definition) is 7. The zero-order chi connectivity index (χ0) is 28.3. The van der Waals surface area contributed by atoms with Crippen molar-refractivity contribution in [2.45, 2.75) is 6.18 Å². The van der Waals surface area contributed by atoms with E-state index in [1.54, 1.807) is 6.07 Å². The number of fused-ring (bicyclic) bond motifs is 1. The normalized spacial score (nSPS) is 13.9. The van der Waals surface area contributed by atoms with E-state index in [0.29, 0.717) is 31.2 Å². The topological polar surface area (TPSA) is 90.0 Å². The molecule has 0 saturated carbocycles. The molecule has 0 atom stereocenters. The summed E-state index contributed by atoms with van der Waals surface area (Å²) in [7, 11) is 0. The van der Waals surface area contributed by atoms with E-state index >= 15 is 0 Å². The molecule has 1 saturated heterocycles. The summed E-state index contributed by atoms with van der Waals surface area (Å²) in [5, 5.41) is 16.0. The van der Waals surface area contributed by atoms with Crippen molar-refractivity contribution < 1.29 is 27.8 Å². The zero-order valence-corrected chi connectivity index (χ0v) is 22.6. The van der Waals surface area contributed by atoms with Gasteiger partial charge in [-0.3, -0.25) is 0 Å². The van der Waals surface area contributed by atoms with E-state index in [0.717, 1.165) is 38.9 Å². The minimum absolute atomic E-state index is 0.0424. The summed E-state index contributed by atoms with van der Waals surface area (Å²) in [6, 6.07) is 16.1. The number of aliphatic hydroxyl groups excluding tert-OH is 1. The number of carbonyl (C=O) groups is 1. The number of ether oxygens (including phenoxy) is 1. The molecule has 13 heteroatoms. The van der Waals surface area contributed by atoms with Crippen molar-refractivity contribution in [1.29, 1.82) is 0 Å². The van der Waals surface area contributed by atoms with E-state index in [2.05, 4.69) is 20.5 Å². The fourth-order valence-corrected chi connectivity index (χ4v) is 5.48. The van der Waals surface area contributed by atoms with Crippen molar-refractivity contribution in [3.8, 4) is 5.75 Å². The second-order valence-corrected chi connectivity index (χ2v) is 10.5. The summed E-state index contributed by atoms with van der Waals surface area (Å²) >= 11 is 7.57. The minimum Gasteiger partial charge on any atom is -0.491 e. The number of urea groups is 1. The number of aliphatic hydroxyl groups is 1. The first-order valence-electron chi connectivity index (χ1n) is 12.4. The maximum absolute atomic E-state index is 13.6. The van der Waals surface area contributed by atoms with Gasteiger partial charge in [-0.1, -0.05) is 22.9 Å². The second-order valence-electron chi connectivity index (χ2n) is 8.98. The minimum atomic E-state index is -4.69. The highest BCUT2D eigenvalue weighted by molar-refractivity contribution is 7.22. The predicted molar refractivity (Wildman–Crippen MR) is 151 cm³/mol. The standard InChI is InChI=1S/C27H25ClF3N5O3S/c28-17-1-7-23-24(15-17)40-25(33-23)32-18-2-4-19(5-3-18)35-9-11-36(12-10-35)26(38)34-22-8-6-20(39-14-13-37)16-21(22)27(29,30)31/h1-8,15-16,37H,9-14H2,(H,32,33)(H,34,38). The zero-order valence-electron chi connectivity index (χ0n) is 21.0. The van der Waals surface area contributed by atoms with Crippen molar-refractivity contribution in [1.82, 2.24) is 9.88 Å². The van der Waals surface area contributed by atoms with E-state index in [1.807, 2.05) is 36.4 Å². The molecule has 1 aromatic heterocycles. The molecule has 8 nitrogen and oxygen atoms in total. The molecule has 3 N–H and O–H groups in total. The van der Waals surface area contributed by atoms with E-state index in [1.165, 1.54) is 22.3 Å². The van der Waals surface area contributed by atoms with Crippen LogP contribution in [0.1, 0.15) is 5.56 Å². The lowest BCUT2D eigenvalue weighted by molar-refractivity contribution is -0.137. The number of nitrogens with one attached hydrogen (secondary N) is 2. The molecular formula is C27H25ClF3N5O3S. The van der Waals surface area contributed by atoms with Crippen LogP contribution in [0.5, 0.6) is 5.75 Å². The summed E-state index contributed by atoms with van der Waals surface area (Å²) in [4.78, 5) is 21.0. The fraction of sp³-hybridized carbons (Fsp3) is 0.259. The Balaban J connectivity index is 1.17. The first kappa shape index (κ1) is 27.8. The number of amides is 2. The van der Waals surface area contributed by atoms with Crippen LogP contribution in [0.15, 0.2) is 60.7 Å². The molecule has 40 heavy (non-hydrogen) atoms. The summed E-state index contributed by atoms with van der Waals surface area (Å²) in [5.74, 6) is -0.0424. The van der Waals surface area contributed by atoms with Gasteiger partial charge in [-0.05, 0) is 60.7 Å². The van der Waals surface area contributed by atoms with Crippen molar-refractivity contribution >= 4 is 61.4 Å². The Kier molecular flexibility index (Phi) is 8.19. The lowest BCUT2D eigenvalue weighted by Gasteiger charge is -2.36. The second kappa shape index (κ2) is 11.8. The van der Waals surface area contributed by atoms with Crippen LogP contribution in [0.2, 0.25) is 5.02 Å². The number of aromatic nitrogens is 1. The third-order valence-corrected chi connectivity index (χ3v) is 7.47. The van der Waals surface area contributed by atoms with Gasteiger partial charge in [0.1, 0.15) is 12.4 Å². The molecular weight excluding hydrogens is 567 g/mol. The van der Waals surface area contributed by atoms with Crippen LogP contribution in [0.3, 0.4) is 0 Å². The summed E-state index contributed by atoms with van der Waals surface area (Å²) in [6.45, 7) is 1.29. The van der Waals surface area contributed by atoms with Gasteiger partial charge in [-0.2, -0.15) is 13.2 Å². The number of piperazine rings is 1. The highest BCUT2D eigenvalue weighted by Gasteiger charge is 2.35. The van der Waals surface area contributed by atoms with Crippen LogP contribution in [0.25, 0.3) is 10.2 Å². The number of nitrogens with zero attached hydrogens (tertiary/aromatic N) is 3. The number of benzene rings is 3. The molecule has 4 aromatic rings. The van der Waals surface area contributed by atoms with E-state index in [4.69, 9.17) is 21.4 Å². The van der Waals surface area contributed by atoms with Gasteiger partial charge in [-0.25, -0.2) is 9.78 Å². The molecule has 0 radical (unpaired) electrons. The molecule has 2 heterocycles. The maximum atomic E-state index is 13.6. The van der Waals surface area contributed by atoms with Crippen LogP contribution >= 0.6 is 22.9 Å². The van der Waals surface area contributed by atoms with Gasteiger partial charge in [0.25, 0.3) is 0 Å². The maximum Gasteiger partial charge on any atom is 0.418 e. The van der Waals surface area contributed by atoms with E-state index < -0.39 is 17.8 Å². The number of thiazole rings is 1. The largest absolute Gasteiger partial charge is 0.491 e. The third-order valence-electron chi connectivity index (χ3n) is 6.30. The Hall–Kier alpha value is -3.74. The van der Waals surface area contributed by atoms with Crippen LogP contribution in [-0.4, -0.2) is 60.4 Å². The molecule has 3 aromatic carbocycles. The summed E-state index contributed by atoms with van der Waals surface area (Å²) in [5.41, 5.74) is 1.35. The smallest absolute Gasteiger partial charge is 0.418 e. The Morgan fingerprint density at radius 2 is 1.80 bits per heavy atom. The number of halogens is 4. The molecule has 1 aliphatic heterocycles. The predicted octanol–water partition coefficient (Wildman–Crippen LogP) is 6.44. The van der Waals surface area contributed by atoms with Gasteiger partial charge in [-0.15, -0.1) is 0 Å². The Morgan fingerprint density at radius 1 is 1.05 bits per heavy atom. The number of carbonyl (C=O) groups excluding carboxylic acids is 1. The molecule has 1 fully saturated rings.